The van der Waals surface area contributed by atoms with E-state index in [0.29, 0.717) is 11.3 Å². The minimum Gasteiger partial charge on any atom is -0.305 e. The quantitative estimate of drug-likeness (QED) is 0.331. The van der Waals surface area contributed by atoms with E-state index in [1.165, 1.54) is 0 Å². The van der Waals surface area contributed by atoms with Gasteiger partial charge in [-0.25, -0.2) is 15.3 Å². The summed E-state index contributed by atoms with van der Waals surface area (Å²) in [6, 6.07) is 23.6. The van der Waals surface area contributed by atoms with E-state index in [9.17, 15) is 9.59 Å². The Morgan fingerprint density at radius 2 is 1.59 bits per heavy atom. The molecule has 3 aromatic rings. The van der Waals surface area contributed by atoms with Crippen LogP contribution in [0.3, 0.4) is 0 Å². The lowest BCUT2D eigenvalue weighted by molar-refractivity contribution is 0.0706. The van der Waals surface area contributed by atoms with Gasteiger partial charge in [-0.15, -0.1) is 0 Å². The van der Waals surface area contributed by atoms with Crippen LogP contribution in [0.5, 0.6) is 0 Å². The fraction of sp³-hybridized carbons (Fsp3) is 0.0870. The van der Waals surface area contributed by atoms with Gasteiger partial charge in [0, 0.05) is 23.3 Å². The zero-order valence-electron chi connectivity index (χ0n) is 15.9. The van der Waals surface area contributed by atoms with Gasteiger partial charge in [0.1, 0.15) is 0 Å². The van der Waals surface area contributed by atoms with E-state index >= 15 is 0 Å². The smallest absolute Gasteiger partial charge is 0.305 e. The molecule has 0 fully saturated rings. The average Bonchev–Trinajstić information content (AvgIpc) is 2.78. The second-order valence-electron chi connectivity index (χ2n) is 6.47. The summed E-state index contributed by atoms with van der Waals surface area (Å²) in [6.45, 7) is 1.90. The molecule has 1 atom stereocenters. The van der Waals surface area contributed by atoms with Crippen molar-refractivity contribution in [3.8, 4) is 11.1 Å². The molecule has 0 heterocycles. The fourth-order valence-corrected chi connectivity index (χ4v) is 2.88. The zero-order valence-corrected chi connectivity index (χ0v) is 15.9. The number of hydroxylamine groups is 1. The number of anilines is 1. The first-order valence-corrected chi connectivity index (χ1v) is 9.12. The Morgan fingerprint density at radius 3 is 2.28 bits per heavy atom. The van der Waals surface area contributed by atoms with Crippen molar-refractivity contribution < 1.29 is 14.8 Å². The monoisotopic (exact) mass is 387 g/mol. The van der Waals surface area contributed by atoms with Crippen molar-refractivity contribution in [1.82, 2.24) is 5.48 Å². The number of carbonyl (C=O) groups excluding carboxylic acids is 2. The first-order chi connectivity index (χ1) is 14.1. The van der Waals surface area contributed by atoms with Crippen LogP contribution >= 0.6 is 0 Å². The number of nitrogens with one attached hydrogen (secondary N) is 2. The average molecular weight is 387 g/mol. The number of amides is 3. The molecule has 6 heteroatoms. The van der Waals surface area contributed by atoms with Crippen molar-refractivity contribution in [3.63, 3.8) is 0 Å². The number of hydrogen-bond acceptors (Lipinski definition) is 3. The van der Waals surface area contributed by atoms with Gasteiger partial charge in [-0.2, -0.15) is 0 Å². The molecule has 146 valence electrons. The van der Waals surface area contributed by atoms with E-state index in [1.54, 1.807) is 36.0 Å². The first kappa shape index (κ1) is 20.0. The third-order valence-electron chi connectivity index (χ3n) is 4.47. The summed E-state index contributed by atoms with van der Waals surface area (Å²) in [7, 11) is 0. The number of nitrogens with zero attached hydrogens (tertiary/aromatic N) is 1. The van der Waals surface area contributed by atoms with Crippen molar-refractivity contribution in [2.45, 2.75) is 12.8 Å². The highest BCUT2D eigenvalue weighted by Gasteiger charge is 2.09. The molecular formula is C23H21N3O3. The molecule has 3 N–H and O–H groups in total. The van der Waals surface area contributed by atoms with Crippen molar-refractivity contribution in [1.29, 1.82) is 0 Å². The standard InChI is InChI=1S/C23H21N3O3/c1-16(17-11-13-19(14-12-17)22(27)26-29)15-24-23(28)25-21-10-6-5-9-20(21)18-7-3-2-4-8-18/h2-16,29H,1H3,(H,25,28)(H,26,27)/b24-15+. The van der Waals surface area contributed by atoms with Crippen LogP contribution in [-0.2, 0) is 0 Å². The maximum Gasteiger partial charge on any atom is 0.345 e. The van der Waals surface area contributed by atoms with Crippen molar-refractivity contribution >= 4 is 23.8 Å². The number of rotatable bonds is 5. The molecule has 6 nitrogen and oxygen atoms in total. The topological polar surface area (TPSA) is 90.8 Å². The molecule has 0 spiro atoms. The van der Waals surface area contributed by atoms with Crippen molar-refractivity contribution in [3.05, 3.63) is 90.0 Å². The van der Waals surface area contributed by atoms with Crippen LogP contribution in [0, 0.1) is 0 Å². The van der Waals surface area contributed by atoms with Gasteiger partial charge in [0.25, 0.3) is 5.91 Å². The van der Waals surface area contributed by atoms with Gasteiger partial charge in [0.15, 0.2) is 0 Å². The minimum atomic E-state index is -0.575. The van der Waals surface area contributed by atoms with E-state index in [2.05, 4.69) is 10.3 Å². The maximum absolute atomic E-state index is 12.3. The Balaban J connectivity index is 1.68. The number of para-hydroxylation sites is 1. The first-order valence-electron chi connectivity index (χ1n) is 9.12. The van der Waals surface area contributed by atoms with Crippen LogP contribution in [0.15, 0.2) is 83.9 Å². The maximum atomic E-state index is 12.3. The Kier molecular flexibility index (Phi) is 6.50. The van der Waals surface area contributed by atoms with Gasteiger partial charge >= 0.3 is 6.03 Å². The van der Waals surface area contributed by atoms with Crippen molar-refractivity contribution in [2.24, 2.45) is 4.99 Å². The summed E-state index contributed by atoms with van der Waals surface area (Å²) < 4.78 is 0. The Hall–Kier alpha value is -3.77. The molecular weight excluding hydrogens is 366 g/mol. The van der Waals surface area contributed by atoms with Gasteiger partial charge in [-0.3, -0.25) is 10.0 Å². The van der Waals surface area contributed by atoms with Gasteiger partial charge in [0.05, 0.1) is 5.69 Å². The Bertz CT molecular complexity index is 1020. The molecule has 0 aliphatic heterocycles. The summed E-state index contributed by atoms with van der Waals surface area (Å²) in [6.07, 6.45) is 1.56. The molecule has 3 aromatic carbocycles. The summed E-state index contributed by atoms with van der Waals surface area (Å²) in [5, 5.41) is 11.5. The molecule has 0 saturated carbocycles. The number of hydrogen-bond donors (Lipinski definition) is 3. The summed E-state index contributed by atoms with van der Waals surface area (Å²) in [5.41, 5.74) is 5.44. The van der Waals surface area contributed by atoms with E-state index < -0.39 is 11.9 Å². The predicted molar refractivity (Wildman–Crippen MR) is 113 cm³/mol. The lowest BCUT2D eigenvalue weighted by atomic mass is 10.0. The number of urea groups is 1. The molecule has 0 saturated heterocycles. The third kappa shape index (κ3) is 5.15. The minimum absolute atomic E-state index is 0.128. The zero-order chi connectivity index (χ0) is 20.6. The summed E-state index contributed by atoms with van der Waals surface area (Å²) in [4.78, 5) is 27.7. The van der Waals surface area contributed by atoms with E-state index in [-0.39, 0.29) is 5.92 Å². The van der Waals surface area contributed by atoms with Gasteiger partial charge in [-0.1, -0.05) is 67.6 Å². The highest BCUT2D eigenvalue weighted by atomic mass is 16.5. The number of benzene rings is 3. The van der Waals surface area contributed by atoms with E-state index in [1.807, 2.05) is 61.5 Å². The predicted octanol–water partition coefficient (Wildman–Crippen LogP) is 4.88. The van der Waals surface area contributed by atoms with E-state index in [0.717, 1.165) is 16.7 Å². The number of aliphatic imine (C=N–C) groups is 1. The second-order valence-corrected chi connectivity index (χ2v) is 6.47. The number of carbonyl (C=O) groups is 2. The Morgan fingerprint density at radius 1 is 0.931 bits per heavy atom. The molecule has 0 aromatic heterocycles. The van der Waals surface area contributed by atoms with Crippen LogP contribution in [-0.4, -0.2) is 23.4 Å². The molecule has 0 aliphatic carbocycles. The third-order valence-corrected chi connectivity index (χ3v) is 4.47. The van der Waals surface area contributed by atoms with Gasteiger partial charge in [0.2, 0.25) is 0 Å². The molecule has 3 rings (SSSR count). The SMILES string of the molecule is CC(/C=N/C(=O)Nc1ccccc1-c1ccccc1)c1ccc(C(=O)NO)cc1. The van der Waals surface area contributed by atoms with Crippen LogP contribution < -0.4 is 10.8 Å². The van der Waals surface area contributed by atoms with E-state index in [4.69, 9.17) is 5.21 Å². The van der Waals surface area contributed by atoms with Crippen LogP contribution in [0.1, 0.15) is 28.8 Å². The Labute approximate surface area is 168 Å². The largest absolute Gasteiger partial charge is 0.345 e. The fourth-order valence-electron chi connectivity index (χ4n) is 2.88. The molecule has 0 bridgehead atoms. The van der Waals surface area contributed by atoms with Crippen molar-refractivity contribution in [2.75, 3.05) is 5.32 Å². The molecule has 3 amide bonds. The van der Waals surface area contributed by atoms with Crippen LogP contribution in [0.25, 0.3) is 11.1 Å². The van der Waals surface area contributed by atoms with Gasteiger partial charge in [-0.05, 0) is 29.3 Å². The molecule has 1 unspecified atom stereocenters. The lowest BCUT2D eigenvalue weighted by Crippen LogP contribution is -2.18. The summed E-state index contributed by atoms with van der Waals surface area (Å²) >= 11 is 0. The van der Waals surface area contributed by atoms with Crippen LogP contribution in [0.4, 0.5) is 10.5 Å². The highest BCUT2D eigenvalue weighted by Crippen LogP contribution is 2.27. The normalized spacial score (nSPS) is 11.8. The highest BCUT2D eigenvalue weighted by molar-refractivity contribution is 5.98. The lowest BCUT2D eigenvalue weighted by Gasteiger charge is -2.10. The summed E-state index contributed by atoms with van der Waals surface area (Å²) in [5.74, 6) is -0.703. The van der Waals surface area contributed by atoms with Crippen LogP contribution in [0.2, 0.25) is 0 Å². The molecule has 29 heavy (non-hydrogen) atoms. The molecule has 0 aliphatic rings. The molecule has 0 radical (unpaired) electrons. The second kappa shape index (κ2) is 9.43. The van der Waals surface area contributed by atoms with Gasteiger partial charge < -0.3 is 5.32 Å².